The fraction of sp³-hybridized carbons (Fsp3) is 0.538. The molecular weight excluding hydrogens is 320 g/mol. The topological polar surface area (TPSA) is 78.6 Å². The van der Waals surface area contributed by atoms with Gasteiger partial charge in [-0.25, -0.2) is 8.78 Å². The van der Waals surface area contributed by atoms with Crippen LogP contribution >= 0.6 is 12.4 Å². The van der Waals surface area contributed by atoms with Crippen molar-refractivity contribution in [3.63, 3.8) is 0 Å². The molecule has 1 atom stereocenters. The minimum absolute atomic E-state index is 0. The predicted molar refractivity (Wildman–Crippen MR) is 79.6 cm³/mol. The van der Waals surface area contributed by atoms with Crippen molar-refractivity contribution in [3.8, 4) is 0 Å². The van der Waals surface area contributed by atoms with Gasteiger partial charge in [-0.2, -0.15) is 0 Å². The normalized spacial score (nSPS) is 17.6. The van der Waals surface area contributed by atoms with Crippen LogP contribution in [0.3, 0.4) is 0 Å². The monoisotopic (exact) mass is 337 g/mol. The first-order chi connectivity index (χ1) is 9.95. The van der Waals surface area contributed by atoms with Crippen LogP contribution in [0.2, 0.25) is 0 Å². The van der Waals surface area contributed by atoms with E-state index in [0.29, 0.717) is 26.2 Å². The Morgan fingerprint density at radius 1 is 1.41 bits per heavy atom. The quantitative estimate of drug-likeness (QED) is 0.630. The number of non-ortho nitro benzene ring substituents is 1. The molecule has 1 aromatic rings. The number of rotatable bonds is 5. The summed E-state index contributed by atoms with van der Waals surface area (Å²) in [4.78, 5) is 11.7. The van der Waals surface area contributed by atoms with Crippen LogP contribution in [0, 0.1) is 10.1 Å². The van der Waals surface area contributed by atoms with Gasteiger partial charge in [0.2, 0.25) is 0 Å². The van der Waals surface area contributed by atoms with Crippen LogP contribution in [0.1, 0.15) is 11.6 Å². The fourth-order valence-corrected chi connectivity index (χ4v) is 2.56. The number of halogens is 3. The number of hydrogen-bond donors (Lipinski definition) is 2. The third kappa shape index (κ3) is 4.10. The van der Waals surface area contributed by atoms with Crippen LogP contribution in [0.5, 0.6) is 0 Å². The number of nitrogens with one attached hydrogen (secondary N) is 1. The molecule has 0 saturated carbocycles. The number of piperazine rings is 1. The van der Waals surface area contributed by atoms with Crippen molar-refractivity contribution in [2.24, 2.45) is 0 Å². The van der Waals surface area contributed by atoms with Crippen LogP contribution in [-0.2, 0) is 0 Å². The second kappa shape index (κ2) is 7.77. The lowest BCUT2D eigenvalue weighted by molar-refractivity contribution is -0.385. The van der Waals surface area contributed by atoms with Gasteiger partial charge in [-0.3, -0.25) is 15.0 Å². The van der Waals surface area contributed by atoms with E-state index in [0.717, 1.165) is 6.07 Å². The van der Waals surface area contributed by atoms with Gasteiger partial charge in [-0.15, -0.1) is 12.4 Å². The van der Waals surface area contributed by atoms with Crippen molar-refractivity contribution in [1.82, 2.24) is 10.2 Å². The van der Waals surface area contributed by atoms with Gasteiger partial charge < -0.3 is 10.4 Å². The highest BCUT2D eigenvalue weighted by molar-refractivity contribution is 5.85. The first-order valence-electron chi connectivity index (χ1n) is 6.63. The molecular formula is C13H18ClF2N3O3. The lowest BCUT2D eigenvalue weighted by Crippen LogP contribution is -2.51. The summed E-state index contributed by atoms with van der Waals surface area (Å²) in [6.45, 7) is 0.607. The Bertz CT molecular complexity index is 513. The summed E-state index contributed by atoms with van der Waals surface area (Å²) in [7, 11) is 0. The number of nitrogens with zero attached hydrogens (tertiary/aromatic N) is 2. The Balaban J connectivity index is 0.00000242. The average Bonchev–Trinajstić information content (AvgIpc) is 2.48. The fourth-order valence-electron chi connectivity index (χ4n) is 2.56. The van der Waals surface area contributed by atoms with E-state index >= 15 is 0 Å². The van der Waals surface area contributed by atoms with Gasteiger partial charge >= 0.3 is 0 Å². The summed E-state index contributed by atoms with van der Waals surface area (Å²) < 4.78 is 28.3. The number of nitro benzene ring substituents is 1. The Hall–Kier alpha value is -1.35. The molecule has 1 aliphatic rings. The Kier molecular flexibility index (Phi) is 6.61. The molecule has 2 rings (SSSR count). The largest absolute Gasteiger partial charge is 0.390 e. The average molecular weight is 338 g/mol. The number of nitro groups is 1. The van der Waals surface area contributed by atoms with E-state index in [9.17, 15) is 18.9 Å². The molecule has 1 saturated heterocycles. The molecule has 1 aromatic carbocycles. The zero-order chi connectivity index (χ0) is 15.5. The van der Waals surface area contributed by atoms with Crippen molar-refractivity contribution in [2.45, 2.75) is 12.0 Å². The molecule has 0 amide bonds. The first kappa shape index (κ1) is 18.7. The Morgan fingerprint density at radius 2 is 2.05 bits per heavy atom. The second-order valence-corrected chi connectivity index (χ2v) is 4.96. The summed E-state index contributed by atoms with van der Waals surface area (Å²) in [5.41, 5.74) is -0.0912. The van der Waals surface area contributed by atoms with Crippen molar-refractivity contribution >= 4 is 18.1 Å². The van der Waals surface area contributed by atoms with E-state index < -0.39 is 23.5 Å². The molecule has 0 aliphatic carbocycles. The molecule has 0 bridgehead atoms. The van der Waals surface area contributed by atoms with Gasteiger partial charge in [0.25, 0.3) is 11.6 Å². The van der Waals surface area contributed by atoms with E-state index in [1.165, 1.54) is 18.2 Å². The van der Waals surface area contributed by atoms with Crippen LogP contribution in [0.15, 0.2) is 24.3 Å². The summed E-state index contributed by atoms with van der Waals surface area (Å²) in [6, 6.07) is 3.86. The van der Waals surface area contributed by atoms with Crippen LogP contribution in [-0.4, -0.2) is 53.6 Å². The van der Waals surface area contributed by atoms with Gasteiger partial charge in [0, 0.05) is 38.3 Å². The third-order valence-electron chi connectivity index (χ3n) is 3.52. The number of alkyl halides is 2. The standard InChI is InChI=1S/C13H17F2N3O3.ClH/c14-13(15,9-19)12(17-6-4-16-5-7-17)10-2-1-3-11(8-10)18(20)21;/h1-3,8,12,16,19H,4-7,9H2;1H/t12-;/m1./s1. The second-order valence-electron chi connectivity index (χ2n) is 4.96. The van der Waals surface area contributed by atoms with Crippen molar-refractivity contribution < 1.29 is 18.8 Å². The van der Waals surface area contributed by atoms with E-state index in [1.54, 1.807) is 4.90 Å². The zero-order valence-corrected chi connectivity index (χ0v) is 12.6. The first-order valence-corrected chi connectivity index (χ1v) is 6.63. The molecule has 2 N–H and O–H groups in total. The molecule has 0 radical (unpaired) electrons. The molecule has 0 spiro atoms. The maximum atomic E-state index is 14.1. The van der Waals surface area contributed by atoms with Gasteiger partial charge in [0.1, 0.15) is 12.6 Å². The number of aliphatic hydroxyl groups is 1. The van der Waals surface area contributed by atoms with Crippen molar-refractivity contribution in [1.29, 1.82) is 0 Å². The van der Waals surface area contributed by atoms with E-state index in [2.05, 4.69) is 5.32 Å². The molecule has 9 heteroatoms. The molecule has 22 heavy (non-hydrogen) atoms. The van der Waals surface area contributed by atoms with E-state index in [4.69, 9.17) is 5.11 Å². The molecule has 0 aromatic heterocycles. The van der Waals surface area contributed by atoms with Gasteiger partial charge in [0.05, 0.1) is 4.92 Å². The summed E-state index contributed by atoms with van der Waals surface area (Å²) >= 11 is 0. The van der Waals surface area contributed by atoms with Crippen LogP contribution in [0.4, 0.5) is 14.5 Å². The molecule has 6 nitrogen and oxygen atoms in total. The molecule has 1 fully saturated rings. The minimum atomic E-state index is -3.37. The molecule has 1 aliphatic heterocycles. The minimum Gasteiger partial charge on any atom is -0.390 e. The summed E-state index contributed by atoms with van der Waals surface area (Å²) in [5.74, 6) is -3.37. The van der Waals surface area contributed by atoms with Gasteiger partial charge in [-0.05, 0) is 5.56 Å². The maximum Gasteiger partial charge on any atom is 0.289 e. The third-order valence-corrected chi connectivity index (χ3v) is 3.52. The maximum absolute atomic E-state index is 14.1. The molecule has 0 unspecified atom stereocenters. The van der Waals surface area contributed by atoms with Gasteiger partial charge in [-0.1, -0.05) is 12.1 Å². The number of aliphatic hydroxyl groups excluding tert-OH is 1. The van der Waals surface area contributed by atoms with E-state index in [1.807, 2.05) is 0 Å². The number of benzene rings is 1. The van der Waals surface area contributed by atoms with Gasteiger partial charge in [0.15, 0.2) is 0 Å². The van der Waals surface area contributed by atoms with Crippen LogP contribution < -0.4 is 5.32 Å². The summed E-state index contributed by atoms with van der Waals surface area (Å²) in [5, 5.41) is 22.9. The highest BCUT2D eigenvalue weighted by Crippen LogP contribution is 2.37. The summed E-state index contributed by atoms with van der Waals surface area (Å²) in [6.07, 6.45) is 0. The highest BCUT2D eigenvalue weighted by Gasteiger charge is 2.44. The zero-order valence-electron chi connectivity index (χ0n) is 11.7. The SMILES string of the molecule is Cl.O=[N+]([O-])c1cccc([C@@H](N2CCNCC2)C(F)(F)CO)c1. The lowest BCUT2D eigenvalue weighted by atomic mass is 9.98. The molecule has 124 valence electrons. The van der Waals surface area contributed by atoms with Crippen molar-refractivity contribution in [3.05, 3.63) is 39.9 Å². The molecule has 1 heterocycles. The smallest absolute Gasteiger partial charge is 0.289 e. The van der Waals surface area contributed by atoms with Crippen molar-refractivity contribution in [2.75, 3.05) is 32.8 Å². The van der Waals surface area contributed by atoms with Crippen LogP contribution in [0.25, 0.3) is 0 Å². The number of hydrogen-bond acceptors (Lipinski definition) is 5. The Morgan fingerprint density at radius 3 is 2.59 bits per heavy atom. The Labute approximate surface area is 132 Å². The predicted octanol–water partition coefficient (Wildman–Crippen LogP) is 1.59. The van der Waals surface area contributed by atoms with E-state index in [-0.39, 0.29) is 23.7 Å². The lowest BCUT2D eigenvalue weighted by Gasteiger charge is -2.38. The highest BCUT2D eigenvalue weighted by atomic mass is 35.5.